The van der Waals surface area contributed by atoms with E-state index in [2.05, 4.69) is 16.0 Å². The number of imidazole rings is 1. The third-order valence-corrected chi connectivity index (χ3v) is 4.81. The van der Waals surface area contributed by atoms with Crippen molar-refractivity contribution in [1.29, 1.82) is 5.26 Å². The number of hydrogen-bond acceptors (Lipinski definition) is 5. The van der Waals surface area contributed by atoms with Crippen LogP contribution in [0.15, 0.2) is 65.1 Å². The molecule has 4 aromatic rings. The summed E-state index contributed by atoms with van der Waals surface area (Å²) in [5.74, 6) is 1.34. The third kappa shape index (κ3) is 4.57. The van der Waals surface area contributed by atoms with Crippen molar-refractivity contribution in [2.45, 2.75) is 19.8 Å². The zero-order valence-electron chi connectivity index (χ0n) is 17.1. The Morgan fingerprint density at radius 1 is 1.16 bits per heavy atom. The fraction of sp³-hybridized carbons (Fsp3) is 0.160. The van der Waals surface area contributed by atoms with Gasteiger partial charge in [0.15, 0.2) is 0 Å². The highest BCUT2D eigenvalue weighted by Gasteiger charge is 2.11. The number of aromatic nitrogens is 2. The number of carbonyl (C=O) groups excluding carboxylic acids is 1. The number of unbranched alkanes of at least 4 members (excludes halogenated alkanes) is 1. The summed E-state index contributed by atoms with van der Waals surface area (Å²) in [5, 5.41) is 9.59. The van der Waals surface area contributed by atoms with E-state index in [1.54, 1.807) is 24.3 Å². The van der Waals surface area contributed by atoms with Crippen molar-refractivity contribution in [1.82, 2.24) is 9.97 Å². The number of H-pyrrole nitrogens is 1. The van der Waals surface area contributed by atoms with E-state index >= 15 is 0 Å². The van der Waals surface area contributed by atoms with Crippen LogP contribution in [0.5, 0.6) is 0 Å². The number of allylic oxidation sites excluding steroid dienone is 1. The molecule has 2 aromatic heterocycles. The van der Waals surface area contributed by atoms with Crippen molar-refractivity contribution >= 4 is 28.7 Å². The Morgan fingerprint density at radius 3 is 2.71 bits per heavy atom. The minimum absolute atomic E-state index is 0.326. The number of rotatable bonds is 7. The molecule has 0 saturated carbocycles. The summed E-state index contributed by atoms with van der Waals surface area (Å²) in [4.78, 5) is 19.7. The quantitative estimate of drug-likeness (QED) is 0.234. The van der Waals surface area contributed by atoms with Gasteiger partial charge in [-0.05, 0) is 42.8 Å². The molecule has 31 heavy (non-hydrogen) atoms. The first-order chi connectivity index (χ1) is 15.2. The number of aromatic amines is 1. The van der Waals surface area contributed by atoms with Crippen LogP contribution in [-0.4, -0.2) is 22.5 Å². The summed E-state index contributed by atoms with van der Waals surface area (Å²) in [7, 11) is 0. The monoisotopic (exact) mass is 411 g/mol. The first kappa shape index (κ1) is 20.2. The number of hydrogen-bond donors (Lipinski definition) is 1. The first-order valence-electron chi connectivity index (χ1n) is 10.1. The summed E-state index contributed by atoms with van der Waals surface area (Å²) < 4.78 is 11.1. The number of nitrogens with one attached hydrogen (secondary N) is 1. The lowest BCUT2D eigenvalue weighted by Gasteiger charge is -2.04. The first-order valence-corrected chi connectivity index (χ1v) is 10.1. The van der Waals surface area contributed by atoms with Crippen LogP contribution in [0.2, 0.25) is 0 Å². The Kier molecular flexibility index (Phi) is 5.95. The van der Waals surface area contributed by atoms with Crippen molar-refractivity contribution in [3.63, 3.8) is 0 Å². The molecule has 0 bridgehead atoms. The number of para-hydroxylation sites is 2. The zero-order chi connectivity index (χ0) is 21.6. The molecule has 0 spiro atoms. The Balaban J connectivity index is 1.52. The fourth-order valence-electron chi connectivity index (χ4n) is 3.12. The topological polar surface area (TPSA) is 91.9 Å². The van der Waals surface area contributed by atoms with Gasteiger partial charge in [-0.2, -0.15) is 5.26 Å². The Morgan fingerprint density at radius 2 is 1.97 bits per heavy atom. The van der Waals surface area contributed by atoms with Crippen LogP contribution in [0.3, 0.4) is 0 Å². The number of furan rings is 1. The van der Waals surface area contributed by atoms with Crippen LogP contribution in [0.25, 0.3) is 34.0 Å². The standard InChI is InChI=1S/C25H21N3O3/c1-2-3-14-30-25(29)18-10-8-17(9-11-18)23-13-12-20(31-23)15-19(16-26)24-27-21-6-4-5-7-22(21)28-24/h4-13,15H,2-3,14H2,1H3,(H,27,28)/b19-15+. The molecule has 0 unspecified atom stereocenters. The smallest absolute Gasteiger partial charge is 0.338 e. The van der Waals surface area contributed by atoms with E-state index in [1.165, 1.54) is 0 Å². The minimum Gasteiger partial charge on any atom is -0.462 e. The van der Waals surface area contributed by atoms with E-state index in [-0.39, 0.29) is 5.97 Å². The fourth-order valence-corrected chi connectivity index (χ4v) is 3.12. The summed E-state index contributed by atoms with van der Waals surface area (Å²) in [6.45, 7) is 2.48. The predicted octanol–water partition coefficient (Wildman–Crippen LogP) is 5.84. The molecule has 0 atom stereocenters. The molecule has 2 heterocycles. The van der Waals surface area contributed by atoms with Gasteiger partial charge in [-0.3, -0.25) is 0 Å². The molecule has 0 aliphatic carbocycles. The van der Waals surface area contributed by atoms with Gasteiger partial charge in [-0.25, -0.2) is 9.78 Å². The van der Waals surface area contributed by atoms with Gasteiger partial charge in [-0.1, -0.05) is 37.6 Å². The summed E-state index contributed by atoms with van der Waals surface area (Å²) >= 11 is 0. The lowest BCUT2D eigenvalue weighted by Crippen LogP contribution is -2.05. The Labute approximate surface area is 179 Å². The highest BCUT2D eigenvalue weighted by molar-refractivity contribution is 5.90. The minimum atomic E-state index is -0.326. The van der Waals surface area contributed by atoms with Crippen LogP contribution < -0.4 is 0 Å². The van der Waals surface area contributed by atoms with E-state index in [0.717, 1.165) is 29.4 Å². The highest BCUT2D eigenvalue weighted by Crippen LogP contribution is 2.26. The average molecular weight is 411 g/mol. The number of carbonyl (C=O) groups is 1. The number of nitriles is 1. The SMILES string of the molecule is CCCCOC(=O)c1ccc(-c2ccc(/C=C(\C#N)c3nc4ccccc4[nH]3)o2)cc1. The lowest BCUT2D eigenvalue weighted by molar-refractivity contribution is 0.0500. The third-order valence-electron chi connectivity index (χ3n) is 4.81. The molecule has 6 heteroatoms. The van der Waals surface area contributed by atoms with Crippen molar-refractivity contribution in [2.75, 3.05) is 6.61 Å². The van der Waals surface area contributed by atoms with Gasteiger partial charge in [0.1, 0.15) is 23.4 Å². The Hall–Kier alpha value is -4.11. The lowest BCUT2D eigenvalue weighted by atomic mass is 10.1. The van der Waals surface area contributed by atoms with E-state index < -0.39 is 0 Å². The second-order valence-corrected chi connectivity index (χ2v) is 7.04. The molecule has 0 saturated heterocycles. The molecular formula is C25H21N3O3. The van der Waals surface area contributed by atoms with Crippen LogP contribution in [0, 0.1) is 11.3 Å². The molecule has 154 valence electrons. The number of nitrogens with zero attached hydrogens (tertiary/aromatic N) is 2. The second kappa shape index (κ2) is 9.14. The number of benzene rings is 2. The van der Waals surface area contributed by atoms with Gasteiger partial charge < -0.3 is 14.1 Å². The van der Waals surface area contributed by atoms with Crippen LogP contribution in [0.4, 0.5) is 0 Å². The number of ether oxygens (including phenoxy) is 1. The van der Waals surface area contributed by atoms with Gasteiger partial charge in [-0.15, -0.1) is 0 Å². The molecule has 2 aromatic carbocycles. The van der Waals surface area contributed by atoms with Crippen molar-refractivity contribution in [3.05, 3.63) is 77.8 Å². The summed E-state index contributed by atoms with van der Waals surface area (Å²) in [6, 6.07) is 20.5. The largest absolute Gasteiger partial charge is 0.462 e. The number of esters is 1. The molecule has 4 rings (SSSR count). The molecular weight excluding hydrogens is 390 g/mol. The summed E-state index contributed by atoms with van der Waals surface area (Å²) in [6.07, 6.45) is 3.48. The van der Waals surface area contributed by atoms with Crippen molar-refractivity contribution in [3.8, 4) is 17.4 Å². The molecule has 0 aliphatic heterocycles. The molecule has 0 fully saturated rings. The second-order valence-electron chi connectivity index (χ2n) is 7.04. The highest BCUT2D eigenvalue weighted by atomic mass is 16.5. The van der Waals surface area contributed by atoms with E-state index in [9.17, 15) is 10.1 Å². The van der Waals surface area contributed by atoms with E-state index in [0.29, 0.717) is 35.1 Å². The maximum absolute atomic E-state index is 12.0. The molecule has 0 aliphatic rings. The van der Waals surface area contributed by atoms with E-state index in [4.69, 9.17) is 9.15 Å². The predicted molar refractivity (Wildman–Crippen MR) is 119 cm³/mol. The van der Waals surface area contributed by atoms with E-state index in [1.807, 2.05) is 49.4 Å². The number of fused-ring (bicyclic) bond motifs is 1. The van der Waals surface area contributed by atoms with Gasteiger partial charge in [0.05, 0.1) is 28.8 Å². The maximum Gasteiger partial charge on any atom is 0.338 e. The van der Waals surface area contributed by atoms with Gasteiger partial charge in [0, 0.05) is 11.6 Å². The molecule has 1 N–H and O–H groups in total. The Bertz CT molecular complexity index is 1240. The van der Waals surface area contributed by atoms with Gasteiger partial charge in [0.2, 0.25) is 0 Å². The molecule has 6 nitrogen and oxygen atoms in total. The average Bonchev–Trinajstić information content (AvgIpc) is 3.44. The van der Waals surface area contributed by atoms with Crippen LogP contribution in [0.1, 0.15) is 41.7 Å². The molecule has 0 amide bonds. The van der Waals surface area contributed by atoms with Crippen LogP contribution >= 0.6 is 0 Å². The normalized spacial score (nSPS) is 11.4. The maximum atomic E-state index is 12.0. The molecule has 0 radical (unpaired) electrons. The van der Waals surface area contributed by atoms with Crippen molar-refractivity contribution < 1.29 is 13.9 Å². The summed E-state index contributed by atoms with van der Waals surface area (Å²) in [5.41, 5.74) is 3.37. The van der Waals surface area contributed by atoms with Crippen molar-refractivity contribution in [2.24, 2.45) is 0 Å². The zero-order valence-corrected chi connectivity index (χ0v) is 17.1. The van der Waals surface area contributed by atoms with Gasteiger partial charge >= 0.3 is 5.97 Å². The van der Waals surface area contributed by atoms with Gasteiger partial charge in [0.25, 0.3) is 0 Å². The van der Waals surface area contributed by atoms with Crippen LogP contribution in [-0.2, 0) is 4.74 Å².